The van der Waals surface area contributed by atoms with Crippen LogP contribution in [0.5, 0.6) is 0 Å². The Balaban J connectivity index is 1.36. The highest BCUT2D eigenvalue weighted by Crippen LogP contribution is 2.52. The molecule has 10 heteroatoms. The number of fused-ring (bicyclic) bond motifs is 3. The number of hydrogen-bond acceptors (Lipinski definition) is 5. The molecule has 2 heterocycles. The van der Waals surface area contributed by atoms with Crippen LogP contribution in [0, 0.1) is 17.8 Å². The number of benzene rings is 2. The van der Waals surface area contributed by atoms with E-state index in [1.165, 1.54) is 19.1 Å². The molecule has 2 fully saturated rings. The molecule has 208 valence electrons. The Labute approximate surface area is 228 Å². The van der Waals surface area contributed by atoms with Crippen LogP contribution in [0.1, 0.15) is 61.0 Å². The summed E-state index contributed by atoms with van der Waals surface area (Å²) in [5.74, 6) is 0.428. The number of aliphatic carboxylic acids is 1. The van der Waals surface area contributed by atoms with Gasteiger partial charge in [0, 0.05) is 23.9 Å². The molecule has 0 amide bonds. The van der Waals surface area contributed by atoms with E-state index in [1.54, 1.807) is 30.5 Å². The van der Waals surface area contributed by atoms with E-state index in [0.717, 1.165) is 43.6 Å². The lowest BCUT2D eigenvalue weighted by Gasteiger charge is -2.32. The van der Waals surface area contributed by atoms with Crippen molar-refractivity contribution in [3.63, 3.8) is 0 Å². The Kier molecular flexibility index (Phi) is 6.14. The topological polar surface area (TPSA) is 114 Å². The highest BCUT2D eigenvalue weighted by Gasteiger charge is 2.47. The van der Waals surface area contributed by atoms with Crippen molar-refractivity contribution in [3.05, 3.63) is 83.4 Å². The van der Waals surface area contributed by atoms with Gasteiger partial charge in [0.2, 0.25) is 0 Å². The summed E-state index contributed by atoms with van der Waals surface area (Å²) in [7, 11) is 0. The highest BCUT2D eigenvalue weighted by molar-refractivity contribution is 5.85. The molecular formula is C30H29F3N4O3. The van der Waals surface area contributed by atoms with Gasteiger partial charge in [0.1, 0.15) is 28.5 Å². The monoisotopic (exact) mass is 550 g/mol. The molecule has 2 saturated carbocycles. The molecule has 2 bridgehead atoms. The van der Waals surface area contributed by atoms with Crippen LogP contribution in [0.3, 0.4) is 0 Å². The summed E-state index contributed by atoms with van der Waals surface area (Å²) in [4.78, 5) is 21.1. The number of aliphatic hydroxyl groups is 1. The molecule has 2 aliphatic rings. The zero-order valence-electron chi connectivity index (χ0n) is 21.8. The van der Waals surface area contributed by atoms with Crippen molar-refractivity contribution in [2.75, 3.05) is 5.73 Å². The number of carboxylic acids is 1. The van der Waals surface area contributed by atoms with Gasteiger partial charge in [-0.25, -0.2) is 9.97 Å². The van der Waals surface area contributed by atoms with Crippen molar-refractivity contribution in [3.8, 4) is 11.3 Å². The second-order valence-electron chi connectivity index (χ2n) is 11.2. The Hall–Kier alpha value is -3.92. The molecule has 7 nitrogen and oxygen atoms in total. The van der Waals surface area contributed by atoms with E-state index in [0.29, 0.717) is 28.2 Å². The zero-order chi connectivity index (χ0) is 28.4. The molecule has 0 spiro atoms. The number of rotatable bonds is 5. The van der Waals surface area contributed by atoms with Crippen LogP contribution in [0.15, 0.2) is 60.9 Å². The van der Waals surface area contributed by atoms with Crippen LogP contribution >= 0.6 is 0 Å². The van der Waals surface area contributed by atoms with Crippen molar-refractivity contribution in [2.24, 2.45) is 17.8 Å². The molecule has 2 aromatic heterocycles. The standard InChI is InChI=1S/C30H29F3N4O3/c1-29(40,21-3-2-4-22(15-21)30(31,32)33)20-9-7-16(8-10-20)24-25-26(34)35-11-12-37(25)27(36-24)19-13-17-5-6-18(14-19)23(17)28(38)39/h2-4,7-12,15,17-19,23,40H,5-6,13-14H2,1H3,(H2,34,35)(H,38,39)/t17-,18+,19-,23?,29-/m1/s1. The van der Waals surface area contributed by atoms with Crippen molar-refractivity contribution >= 4 is 17.3 Å². The van der Waals surface area contributed by atoms with Crippen LogP contribution in [0.25, 0.3) is 16.8 Å². The van der Waals surface area contributed by atoms with Gasteiger partial charge >= 0.3 is 12.1 Å². The minimum absolute atomic E-state index is 0.0806. The van der Waals surface area contributed by atoms with Gasteiger partial charge in [0.05, 0.1) is 11.5 Å². The number of imidazole rings is 1. The summed E-state index contributed by atoms with van der Waals surface area (Å²) >= 11 is 0. The number of hydrogen-bond donors (Lipinski definition) is 3. The molecule has 2 aromatic carbocycles. The van der Waals surface area contributed by atoms with Gasteiger partial charge in [-0.2, -0.15) is 13.2 Å². The Bertz CT molecular complexity index is 1580. The van der Waals surface area contributed by atoms with Gasteiger partial charge in [-0.1, -0.05) is 36.4 Å². The summed E-state index contributed by atoms with van der Waals surface area (Å²) in [6.07, 6.45) is 2.21. The van der Waals surface area contributed by atoms with Crippen LogP contribution in [0.2, 0.25) is 0 Å². The number of nitrogen functional groups attached to an aromatic ring is 1. The van der Waals surface area contributed by atoms with E-state index in [2.05, 4.69) is 4.98 Å². The number of carbonyl (C=O) groups is 1. The van der Waals surface area contributed by atoms with Gasteiger partial charge < -0.3 is 15.9 Å². The molecule has 2 aliphatic carbocycles. The van der Waals surface area contributed by atoms with Gasteiger partial charge in [-0.05, 0) is 67.7 Å². The van der Waals surface area contributed by atoms with E-state index >= 15 is 0 Å². The lowest BCUT2D eigenvalue weighted by atomic mass is 9.73. The van der Waals surface area contributed by atoms with Crippen LogP contribution in [-0.4, -0.2) is 30.6 Å². The average Bonchev–Trinajstić information content (AvgIpc) is 3.44. The molecule has 4 N–H and O–H groups in total. The molecule has 0 aliphatic heterocycles. The van der Waals surface area contributed by atoms with Crippen molar-refractivity contribution in [1.82, 2.24) is 14.4 Å². The summed E-state index contributed by atoms with van der Waals surface area (Å²) in [6.45, 7) is 1.46. The number of nitrogens with zero attached hydrogens (tertiary/aromatic N) is 3. The third-order valence-electron chi connectivity index (χ3n) is 8.83. The Morgan fingerprint density at radius 2 is 1.68 bits per heavy atom. The third kappa shape index (κ3) is 4.30. The lowest BCUT2D eigenvalue weighted by molar-refractivity contribution is -0.145. The van der Waals surface area contributed by atoms with Gasteiger partial charge in [-0.15, -0.1) is 0 Å². The molecular weight excluding hydrogens is 521 g/mol. The summed E-state index contributed by atoms with van der Waals surface area (Å²) < 4.78 is 41.7. The van der Waals surface area contributed by atoms with E-state index in [4.69, 9.17) is 10.7 Å². The Morgan fingerprint density at radius 1 is 1.02 bits per heavy atom. The SMILES string of the molecule is C[C@@](O)(c1ccc(-c2nc([C@@H]3C[C@H]4CC[C@@H](C3)C4C(=O)O)n3ccnc(N)c23)cc1)c1cccc(C(F)(F)F)c1. The van der Waals surface area contributed by atoms with Crippen molar-refractivity contribution in [1.29, 1.82) is 0 Å². The predicted molar refractivity (Wildman–Crippen MR) is 142 cm³/mol. The summed E-state index contributed by atoms with van der Waals surface area (Å²) in [6, 6.07) is 11.6. The maximum Gasteiger partial charge on any atom is 0.416 e. The number of halogens is 3. The number of nitrogens with two attached hydrogens (primary N) is 1. The fourth-order valence-corrected chi connectivity index (χ4v) is 6.84. The zero-order valence-corrected chi connectivity index (χ0v) is 21.8. The fourth-order valence-electron chi connectivity index (χ4n) is 6.84. The number of alkyl halides is 3. The first-order chi connectivity index (χ1) is 18.9. The third-order valence-corrected chi connectivity index (χ3v) is 8.83. The smallest absolute Gasteiger partial charge is 0.416 e. The molecule has 1 unspecified atom stereocenters. The number of aromatic nitrogens is 3. The van der Waals surface area contributed by atoms with Gasteiger partial charge in [-0.3, -0.25) is 9.20 Å². The first-order valence-electron chi connectivity index (χ1n) is 13.3. The first-order valence-corrected chi connectivity index (χ1v) is 13.3. The minimum atomic E-state index is -4.52. The molecule has 0 radical (unpaired) electrons. The minimum Gasteiger partial charge on any atom is -0.481 e. The van der Waals surface area contributed by atoms with Crippen molar-refractivity contribution < 1.29 is 28.2 Å². The summed E-state index contributed by atoms with van der Waals surface area (Å²) in [5, 5.41) is 21.0. The van der Waals surface area contributed by atoms with E-state index in [9.17, 15) is 28.2 Å². The molecule has 40 heavy (non-hydrogen) atoms. The predicted octanol–water partition coefficient (Wildman–Crippen LogP) is 5.86. The first kappa shape index (κ1) is 26.3. The van der Waals surface area contributed by atoms with E-state index < -0.39 is 23.3 Å². The summed E-state index contributed by atoms with van der Waals surface area (Å²) in [5.41, 5.74) is 6.34. The van der Waals surface area contributed by atoms with Crippen LogP contribution in [0.4, 0.5) is 19.0 Å². The quantitative estimate of drug-likeness (QED) is 0.287. The van der Waals surface area contributed by atoms with Crippen LogP contribution < -0.4 is 5.73 Å². The second-order valence-corrected chi connectivity index (χ2v) is 11.2. The molecule has 0 saturated heterocycles. The maximum absolute atomic E-state index is 13.3. The largest absolute Gasteiger partial charge is 0.481 e. The Morgan fingerprint density at radius 3 is 2.30 bits per heavy atom. The van der Waals surface area contributed by atoms with E-state index in [1.807, 2.05) is 10.6 Å². The molecule has 6 rings (SSSR count). The van der Waals surface area contributed by atoms with Gasteiger partial charge in [0.15, 0.2) is 0 Å². The second kappa shape index (κ2) is 9.33. The normalized spacial score (nSPS) is 24.2. The van der Waals surface area contributed by atoms with E-state index in [-0.39, 0.29) is 29.2 Å². The number of anilines is 1. The average molecular weight is 551 g/mol. The highest BCUT2D eigenvalue weighted by atomic mass is 19.4. The molecule has 4 aromatic rings. The molecule has 5 atom stereocenters. The fraction of sp³-hybridized carbons (Fsp3) is 0.367. The van der Waals surface area contributed by atoms with Crippen LogP contribution in [-0.2, 0) is 16.6 Å². The van der Waals surface area contributed by atoms with Crippen molar-refractivity contribution in [2.45, 2.75) is 50.3 Å². The van der Waals surface area contributed by atoms with Gasteiger partial charge in [0.25, 0.3) is 0 Å². The maximum atomic E-state index is 13.3. The number of carboxylic acid groups (broad SMARTS) is 1. The lowest BCUT2D eigenvalue weighted by Crippen LogP contribution is -2.31.